The Labute approximate surface area is 145 Å². The van der Waals surface area contributed by atoms with Crippen molar-refractivity contribution in [2.24, 2.45) is 0 Å². The first-order valence-electron chi connectivity index (χ1n) is 7.54. The van der Waals surface area contributed by atoms with E-state index in [-0.39, 0.29) is 12.6 Å². The molecule has 0 aromatic heterocycles. The molecule has 2 rings (SSSR count). The molecule has 0 radical (unpaired) electrons. The van der Waals surface area contributed by atoms with Crippen LogP contribution in [0.5, 0.6) is 0 Å². The van der Waals surface area contributed by atoms with Crippen molar-refractivity contribution in [2.45, 2.75) is 44.4 Å². The molecule has 1 N–H and O–H groups in total. The van der Waals surface area contributed by atoms with Gasteiger partial charge in [-0.05, 0) is 51.3 Å². The number of rotatable bonds is 4. The van der Waals surface area contributed by atoms with Gasteiger partial charge in [0.1, 0.15) is 4.75 Å². The normalized spacial score (nSPS) is 20.9. The van der Waals surface area contributed by atoms with Crippen molar-refractivity contribution >= 4 is 28.9 Å². The van der Waals surface area contributed by atoms with Gasteiger partial charge in [0.2, 0.25) is 0 Å². The van der Waals surface area contributed by atoms with Gasteiger partial charge < -0.3 is 9.66 Å². The van der Waals surface area contributed by atoms with Gasteiger partial charge in [0.05, 0.1) is 18.2 Å². The zero-order valence-electron chi connectivity index (χ0n) is 13.6. The highest BCUT2D eigenvalue weighted by atomic mass is 35.5. The van der Waals surface area contributed by atoms with Crippen LogP contribution in [0.4, 0.5) is 0 Å². The highest BCUT2D eigenvalue weighted by Gasteiger charge is 2.40. The van der Waals surface area contributed by atoms with E-state index in [0.29, 0.717) is 23.4 Å². The second kappa shape index (κ2) is 7.26. The maximum atomic E-state index is 12.8. The molecular weight excluding hydrogens is 334 g/mol. The summed E-state index contributed by atoms with van der Waals surface area (Å²) in [6.07, 6.45) is 3.04. The summed E-state index contributed by atoms with van der Waals surface area (Å²) in [5.74, 6) is -0.939. The third kappa shape index (κ3) is 4.73. The summed E-state index contributed by atoms with van der Waals surface area (Å²) in [6, 6.07) is 7.60. The molecule has 1 aromatic carbocycles. The molecule has 1 aromatic rings. The third-order valence-corrected chi connectivity index (χ3v) is 5.92. The van der Waals surface area contributed by atoms with Gasteiger partial charge in [-0.25, -0.2) is 4.79 Å². The molecular formula is C17H22ClNO3S. The molecule has 1 aliphatic heterocycles. The van der Waals surface area contributed by atoms with Crippen LogP contribution in [0.3, 0.4) is 0 Å². The largest absolute Gasteiger partial charge is 0.597 e. The predicted octanol–water partition coefficient (Wildman–Crippen LogP) is 3.43. The molecule has 2 atom stereocenters. The summed E-state index contributed by atoms with van der Waals surface area (Å²) in [5.41, 5.74) is 1.41. The first kappa shape index (κ1) is 18.3. The first-order chi connectivity index (χ1) is 10.7. The number of benzene rings is 1. The van der Waals surface area contributed by atoms with Gasteiger partial charge in [-0.15, -0.1) is 4.31 Å². The average Bonchev–Trinajstić information content (AvgIpc) is 2.48. The molecule has 4 nitrogen and oxygen atoms in total. The van der Waals surface area contributed by atoms with Gasteiger partial charge in [-0.3, -0.25) is 0 Å². The highest BCUT2D eigenvalue weighted by molar-refractivity contribution is 7.90. The summed E-state index contributed by atoms with van der Waals surface area (Å²) in [7, 11) is 0. The monoisotopic (exact) mass is 355 g/mol. The van der Waals surface area contributed by atoms with Crippen LogP contribution in [0.15, 0.2) is 35.9 Å². The molecule has 0 saturated heterocycles. The van der Waals surface area contributed by atoms with Crippen LogP contribution in [0.25, 0.3) is 0 Å². The molecule has 0 bridgehead atoms. The number of aliphatic carboxylic acids is 1. The lowest BCUT2D eigenvalue weighted by molar-refractivity contribution is -0.133. The van der Waals surface area contributed by atoms with Crippen LogP contribution >= 0.6 is 11.6 Å². The Morgan fingerprint density at radius 2 is 2.00 bits per heavy atom. The summed E-state index contributed by atoms with van der Waals surface area (Å²) in [5, 5.41) is 9.92. The van der Waals surface area contributed by atoms with Crippen molar-refractivity contribution < 1.29 is 14.5 Å². The topological polar surface area (TPSA) is 63.6 Å². The van der Waals surface area contributed by atoms with Gasteiger partial charge in [0, 0.05) is 16.4 Å². The SMILES string of the molecule is CC(C)(C)[S@+]([O-])N1CC(C(=O)O)=CC[C@@H]1Cc1ccc(Cl)cc1. The summed E-state index contributed by atoms with van der Waals surface area (Å²) < 4.78 is 14.2. The number of hydrogen-bond donors (Lipinski definition) is 1. The van der Waals surface area contributed by atoms with E-state index >= 15 is 0 Å². The van der Waals surface area contributed by atoms with E-state index in [1.54, 1.807) is 6.08 Å². The standard InChI is InChI=1S/C17H22ClNO3S/c1-17(2,3)23(22)19-11-13(16(20)21)6-9-15(19)10-12-4-7-14(18)8-5-12/h4-8,15H,9-11H2,1-3H3,(H,20,21)/t15-,23+/m1/s1. The quantitative estimate of drug-likeness (QED) is 0.840. The molecule has 6 heteroatoms. The molecule has 0 aliphatic carbocycles. The van der Waals surface area contributed by atoms with E-state index < -0.39 is 22.1 Å². The van der Waals surface area contributed by atoms with Crippen LogP contribution in [0, 0.1) is 0 Å². The summed E-state index contributed by atoms with van der Waals surface area (Å²) >= 11 is 4.65. The van der Waals surface area contributed by atoms with Gasteiger partial charge in [0.25, 0.3) is 0 Å². The lowest BCUT2D eigenvalue weighted by Gasteiger charge is -2.39. The zero-order valence-corrected chi connectivity index (χ0v) is 15.2. The van der Waals surface area contributed by atoms with Crippen LogP contribution in [-0.2, 0) is 22.6 Å². The van der Waals surface area contributed by atoms with Gasteiger partial charge in [-0.1, -0.05) is 29.8 Å². The van der Waals surface area contributed by atoms with Gasteiger partial charge in [0.15, 0.2) is 0 Å². The molecule has 0 spiro atoms. The Bertz CT molecular complexity index is 595. The van der Waals surface area contributed by atoms with E-state index in [1.165, 1.54) is 0 Å². The first-order valence-corrected chi connectivity index (χ1v) is 9.02. The molecule has 126 valence electrons. The Morgan fingerprint density at radius 1 is 1.39 bits per heavy atom. The number of carbonyl (C=O) groups is 1. The van der Waals surface area contributed by atoms with Crippen LogP contribution in [0.1, 0.15) is 32.8 Å². The Kier molecular flexibility index (Phi) is 5.79. The van der Waals surface area contributed by atoms with Crippen molar-refractivity contribution in [1.82, 2.24) is 4.31 Å². The molecule has 0 fully saturated rings. The second-order valence-corrected chi connectivity index (χ2v) is 9.32. The van der Waals surface area contributed by atoms with Crippen molar-refractivity contribution in [1.29, 1.82) is 0 Å². The predicted molar refractivity (Wildman–Crippen MR) is 93.9 cm³/mol. The minimum absolute atomic E-state index is 0.0133. The highest BCUT2D eigenvalue weighted by Crippen LogP contribution is 2.29. The Morgan fingerprint density at radius 3 is 2.52 bits per heavy atom. The minimum atomic E-state index is -1.27. The lowest BCUT2D eigenvalue weighted by atomic mass is 9.98. The van der Waals surface area contributed by atoms with E-state index in [1.807, 2.05) is 49.3 Å². The minimum Gasteiger partial charge on any atom is -0.597 e. The van der Waals surface area contributed by atoms with Gasteiger partial charge in [-0.2, -0.15) is 0 Å². The zero-order chi connectivity index (χ0) is 17.2. The summed E-state index contributed by atoms with van der Waals surface area (Å²) in [4.78, 5) is 11.3. The molecule has 0 unspecified atom stereocenters. The van der Waals surface area contributed by atoms with Crippen molar-refractivity contribution in [3.63, 3.8) is 0 Å². The number of nitrogens with zero attached hydrogens (tertiary/aromatic N) is 1. The number of carboxylic acids is 1. The number of carboxylic acid groups (broad SMARTS) is 1. The molecule has 1 heterocycles. The summed E-state index contributed by atoms with van der Waals surface area (Å²) in [6.45, 7) is 5.92. The van der Waals surface area contributed by atoms with Crippen LogP contribution < -0.4 is 0 Å². The lowest BCUT2D eigenvalue weighted by Crippen LogP contribution is -2.51. The molecule has 1 aliphatic rings. The second-order valence-electron chi connectivity index (χ2n) is 6.69. The molecule has 23 heavy (non-hydrogen) atoms. The van der Waals surface area contributed by atoms with Crippen molar-refractivity contribution in [2.75, 3.05) is 6.54 Å². The smallest absolute Gasteiger partial charge is 0.332 e. The van der Waals surface area contributed by atoms with E-state index in [9.17, 15) is 14.5 Å². The van der Waals surface area contributed by atoms with E-state index in [0.717, 1.165) is 5.56 Å². The fourth-order valence-electron chi connectivity index (χ4n) is 2.54. The molecule has 0 amide bonds. The van der Waals surface area contributed by atoms with E-state index in [4.69, 9.17) is 11.6 Å². The Hall–Kier alpha value is -1.01. The number of halogens is 1. The average molecular weight is 356 g/mol. The Balaban J connectivity index is 2.23. The van der Waals surface area contributed by atoms with Crippen molar-refractivity contribution in [3.8, 4) is 0 Å². The van der Waals surface area contributed by atoms with Crippen LogP contribution in [-0.4, -0.2) is 37.3 Å². The fourth-order valence-corrected chi connectivity index (χ4v) is 4.05. The van der Waals surface area contributed by atoms with Crippen molar-refractivity contribution in [3.05, 3.63) is 46.5 Å². The third-order valence-electron chi connectivity index (χ3n) is 3.77. The van der Waals surface area contributed by atoms with Crippen LogP contribution in [0.2, 0.25) is 5.02 Å². The maximum Gasteiger partial charge on any atom is 0.332 e. The van der Waals surface area contributed by atoms with E-state index in [2.05, 4.69) is 0 Å². The van der Waals surface area contributed by atoms with Gasteiger partial charge >= 0.3 is 5.97 Å². The molecule has 0 saturated carbocycles. The maximum absolute atomic E-state index is 12.8. The fraction of sp³-hybridized carbons (Fsp3) is 0.471. The number of hydrogen-bond acceptors (Lipinski definition) is 3.